The van der Waals surface area contributed by atoms with Crippen LogP contribution in [-0.4, -0.2) is 34.6 Å². The highest BCUT2D eigenvalue weighted by atomic mass is 16.5. The van der Waals surface area contributed by atoms with Crippen molar-refractivity contribution in [3.63, 3.8) is 0 Å². The summed E-state index contributed by atoms with van der Waals surface area (Å²) in [5.74, 6) is 1.10. The average Bonchev–Trinajstić information content (AvgIpc) is 2.44. The second-order valence-corrected chi connectivity index (χ2v) is 4.40. The number of anilines is 2. The van der Waals surface area contributed by atoms with Gasteiger partial charge in [0.2, 0.25) is 11.9 Å². The quantitative estimate of drug-likeness (QED) is 0.716. The van der Waals surface area contributed by atoms with Crippen molar-refractivity contribution in [2.24, 2.45) is 0 Å². The second kappa shape index (κ2) is 8.50. The molecular weight excluding hydrogens is 242 g/mol. The maximum absolute atomic E-state index is 5.47. The average molecular weight is 267 g/mol. The Morgan fingerprint density at radius 1 is 1.05 bits per heavy atom. The Balaban J connectivity index is 2.80. The molecule has 0 aromatic carbocycles. The molecular formula is C13H25N5O. The summed E-state index contributed by atoms with van der Waals surface area (Å²) < 4.78 is 5.47. The molecule has 19 heavy (non-hydrogen) atoms. The van der Waals surface area contributed by atoms with Crippen molar-refractivity contribution in [1.82, 2.24) is 15.0 Å². The number of aromatic nitrogens is 3. The van der Waals surface area contributed by atoms with Gasteiger partial charge >= 0.3 is 6.01 Å². The van der Waals surface area contributed by atoms with E-state index in [1.54, 1.807) is 7.05 Å². The van der Waals surface area contributed by atoms with E-state index >= 15 is 0 Å². The van der Waals surface area contributed by atoms with Crippen molar-refractivity contribution in [2.75, 3.05) is 24.3 Å². The van der Waals surface area contributed by atoms with Crippen LogP contribution in [-0.2, 0) is 0 Å². The molecule has 1 unspecified atom stereocenters. The van der Waals surface area contributed by atoms with E-state index in [2.05, 4.69) is 39.4 Å². The fourth-order valence-corrected chi connectivity index (χ4v) is 1.70. The molecule has 0 radical (unpaired) electrons. The predicted octanol–water partition coefficient (Wildman–Crippen LogP) is 2.69. The fraction of sp³-hybridized carbons (Fsp3) is 0.769. The van der Waals surface area contributed by atoms with Gasteiger partial charge < -0.3 is 15.4 Å². The Morgan fingerprint density at radius 2 is 1.79 bits per heavy atom. The Kier molecular flexibility index (Phi) is 6.92. The van der Waals surface area contributed by atoms with Crippen molar-refractivity contribution in [2.45, 2.75) is 52.5 Å². The van der Waals surface area contributed by atoms with E-state index in [1.165, 1.54) is 0 Å². The number of ether oxygens (including phenoxy) is 1. The van der Waals surface area contributed by atoms with Gasteiger partial charge in [-0.1, -0.05) is 27.2 Å². The molecule has 0 aliphatic heterocycles. The van der Waals surface area contributed by atoms with Crippen LogP contribution in [0.3, 0.4) is 0 Å². The normalized spacial score (nSPS) is 12.0. The number of rotatable bonds is 9. The van der Waals surface area contributed by atoms with E-state index in [0.29, 0.717) is 30.6 Å². The van der Waals surface area contributed by atoms with Gasteiger partial charge in [-0.25, -0.2) is 0 Å². The van der Waals surface area contributed by atoms with E-state index in [0.717, 1.165) is 25.7 Å². The van der Waals surface area contributed by atoms with Crippen LogP contribution in [0.25, 0.3) is 0 Å². The predicted molar refractivity (Wildman–Crippen MR) is 77.8 cm³/mol. The first kappa shape index (κ1) is 15.5. The Bertz CT molecular complexity index is 372. The molecule has 0 spiro atoms. The number of nitrogens with zero attached hydrogens (tertiary/aromatic N) is 3. The zero-order valence-electron chi connectivity index (χ0n) is 12.4. The largest absolute Gasteiger partial charge is 0.463 e. The molecule has 0 bridgehead atoms. The first-order chi connectivity index (χ1) is 9.23. The van der Waals surface area contributed by atoms with Gasteiger partial charge in [-0.15, -0.1) is 0 Å². The van der Waals surface area contributed by atoms with Crippen molar-refractivity contribution in [3.8, 4) is 6.01 Å². The maximum Gasteiger partial charge on any atom is 0.323 e. The van der Waals surface area contributed by atoms with Crippen LogP contribution >= 0.6 is 0 Å². The van der Waals surface area contributed by atoms with Gasteiger partial charge in [0.1, 0.15) is 0 Å². The van der Waals surface area contributed by atoms with Crippen molar-refractivity contribution in [1.29, 1.82) is 0 Å². The Labute approximate surface area is 115 Å². The summed E-state index contributed by atoms with van der Waals surface area (Å²) in [6.45, 7) is 6.99. The minimum Gasteiger partial charge on any atom is -0.463 e. The van der Waals surface area contributed by atoms with Crippen molar-refractivity contribution < 1.29 is 4.74 Å². The smallest absolute Gasteiger partial charge is 0.323 e. The minimum absolute atomic E-state index is 0.370. The molecule has 2 N–H and O–H groups in total. The van der Waals surface area contributed by atoms with Crippen LogP contribution in [0.1, 0.15) is 46.5 Å². The first-order valence-electron chi connectivity index (χ1n) is 7.06. The van der Waals surface area contributed by atoms with E-state index in [-0.39, 0.29) is 0 Å². The third kappa shape index (κ3) is 5.28. The molecule has 108 valence electrons. The maximum atomic E-state index is 5.47. The standard InChI is InChI=1S/C13H25N5O/c1-5-8-10(7-3)15-12-16-11(14-4)17-13(18-12)19-9-6-2/h10H,5-9H2,1-4H3,(H2,14,15,16,17,18). The molecule has 1 heterocycles. The molecule has 1 aromatic rings. The third-order valence-corrected chi connectivity index (χ3v) is 2.74. The molecule has 1 atom stereocenters. The van der Waals surface area contributed by atoms with Crippen LogP contribution in [0.4, 0.5) is 11.9 Å². The van der Waals surface area contributed by atoms with Crippen LogP contribution in [0.15, 0.2) is 0 Å². The molecule has 0 saturated carbocycles. The lowest BCUT2D eigenvalue weighted by molar-refractivity contribution is 0.292. The van der Waals surface area contributed by atoms with E-state index in [4.69, 9.17) is 4.74 Å². The lowest BCUT2D eigenvalue weighted by Gasteiger charge is -2.16. The summed E-state index contributed by atoms with van der Waals surface area (Å²) in [7, 11) is 1.78. The lowest BCUT2D eigenvalue weighted by atomic mass is 10.1. The van der Waals surface area contributed by atoms with E-state index < -0.39 is 0 Å². The molecule has 0 aliphatic carbocycles. The van der Waals surface area contributed by atoms with Gasteiger partial charge in [-0.2, -0.15) is 15.0 Å². The number of hydrogen-bond donors (Lipinski definition) is 2. The van der Waals surface area contributed by atoms with E-state index in [9.17, 15) is 0 Å². The summed E-state index contributed by atoms with van der Waals surface area (Å²) in [5.41, 5.74) is 0. The summed E-state index contributed by atoms with van der Waals surface area (Å²) in [4.78, 5) is 12.8. The molecule has 1 aromatic heterocycles. The van der Waals surface area contributed by atoms with Gasteiger partial charge in [0, 0.05) is 13.1 Å². The SMILES string of the molecule is CCCOc1nc(NC)nc(NC(CC)CCC)n1. The second-order valence-electron chi connectivity index (χ2n) is 4.40. The molecule has 0 amide bonds. The van der Waals surface area contributed by atoms with Gasteiger partial charge in [-0.05, 0) is 19.3 Å². The molecule has 1 rings (SSSR count). The zero-order chi connectivity index (χ0) is 14.1. The van der Waals surface area contributed by atoms with Gasteiger partial charge in [0.25, 0.3) is 0 Å². The van der Waals surface area contributed by atoms with Crippen LogP contribution < -0.4 is 15.4 Å². The molecule has 6 heteroatoms. The van der Waals surface area contributed by atoms with Crippen LogP contribution in [0, 0.1) is 0 Å². The highest BCUT2D eigenvalue weighted by molar-refractivity contribution is 5.36. The van der Waals surface area contributed by atoms with Gasteiger partial charge in [0.15, 0.2) is 0 Å². The Morgan fingerprint density at radius 3 is 2.37 bits per heavy atom. The first-order valence-corrected chi connectivity index (χ1v) is 7.06. The number of nitrogens with one attached hydrogen (secondary N) is 2. The fourth-order valence-electron chi connectivity index (χ4n) is 1.70. The monoisotopic (exact) mass is 267 g/mol. The summed E-state index contributed by atoms with van der Waals surface area (Å²) in [6.07, 6.45) is 4.20. The minimum atomic E-state index is 0.370. The van der Waals surface area contributed by atoms with Crippen molar-refractivity contribution in [3.05, 3.63) is 0 Å². The molecule has 6 nitrogen and oxygen atoms in total. The van der Waals surface area contributed by atoms with Crippen LogP contribution in [0.5, 0.6) is 6.01 Å². The highest BCUT2D eigenvalue weighted by Gasteiger charge is 2.10. The summed E-state index contributed by atoms with van der Waals surface area (Å²) >= 11 is 0. The number of hydrogen-bond acceptors (Lipinski definition) is 6. The Hall–Kier alpha value is -1.59. The van der Waals surface area contributed by atoms with Crippen molar-refractivity contribution >= 4 is 11.9 Å². The zero-order valence-corrected chi connectivity index (χ0v) is 12.4. The van der Waals surface area contributed by atoms with Gasteiger partial charge in [0.05, 0.1) is 6.61 Å². The summed E-state index contributed by atoms with van der Waals surface area (Å²) in [6, 6.07) is 0.756. The molecule has 0 saturated heterocycles. The molecule has 0 fully saturated rings. The lowest BCUT2D eigenvalue weighted by Crippen LogP contribution is -2.20. The summed E-state index contributed by atoms with van der Waals surface area (Å²) in [5, 5.41) is 6.26. The van der Waals surface area contributed by atoms with Gasteiger partial charge in [-0.3, -0.25) is 0 Å². The third-order valence-electron chi connectivity index (χ3n) is 2.74. The molecule has 0 aliphatic rings. The highest BCUT2D eigenvalue weighted by Crippen LogP contribution is 2.14. The topological polar surface area (TPSA) is 72.0 Å². The van der Waals surface area contributed by atoms with Crippen LogP contribution in [0.2, 0.25) is 0 Å². The van der Waals surface area contributed by atoms with E-state index in [1.807, 2.05) is 6.92 Å².